The monoisotopic (exact) mass is 1270 g/mol. The molecule has 4 amide bonds. The number of para-hydroxylation sites is 3. The third-order valence-corrected chi connectivity index (χ3v) is 12.6. The molecule has 24 nitrogen and oxygen atoms in total. The van der Waals surface area contributed by atoms with E-state index in [0.717, 1.165) is 24.0 Å². The van der Waals surface area contributed by atoms with E-state index in [-0.39, 0.29) is 86.0 Å². The fourth-order valence-electron chi connectivity index (χ4n) is 7.98. The zero-order chi connectivity index (χ0) is 67.5. The van der Waals surface area contributed by atoms with E-state index in [4.69, 9.17) is 48.8 Å². The van der Waals surface area contributed by atoms with Gasteiger partial charge >= 0.3 is 23.9 Å². The molecule has 10 N–H and O–H groups in total. The Bertz CT molecular complexity index is 3630. The van der Waals surface area contributed by atoms with Crippen molar-refractivity contribution in [2.45, 2.75) is 39.0 Å². The minimum absolute atomic E-state index is 0.0352. The van der Waals surface area contributed by atoms with Gasteiger partial charge in [-0.05, 0) is 158 Å². The van der Waals surface area contributed by atoms with Gasteiger partial charge in [0.25, 0.3) is 23.6 Å². The molecule has 0 bridgehead atoms. The summed E-state index contributed by atoms with van der Waals surface area (Å²) in [6.07, 6.45) is 1.31. The van der Waals surface area contributed by atoms with Crippen molar-refractivity contribution in [3.05, 3.63) is 221 Å². The van der Waals surface area contributed by atoms with Crippen molar-refractivity contribution in [2.75, 3.05) is 63.1 Å². The fraction of sp³-hybridized carbons (Fsp3) is 0.188. The number of nitrogens with one attached hydrogen (secondary N) is 4. The number of phenols is 2. The molecule has 0 saturated carbocycles. The number of carbonyl (C=O) groups is 8. The SMILES string of the molecule is COc1cccc(C(=O)Nc2ccc(OCCC(=O)O)cc2)c1OC.Cc1ccccc1C(=O)Nc1ccc(OCCC(=O)O)cc1.O=C(O)CCOc1ccc(NC(=O)c2ccccc2O)cc1.O=C(O)COc1ccc(CCCNC(=O)c2ccccc2O)cc1. The van der Waals surface area contributed by atoms with Crippen LogP contribution in [0.2, 0.25) is 0 Å². The first-order chi connectivity index (χ1) is 44.7. The van der Waals surface area contributed by atoms with Crippen LogP contribution in [0.3, 0.4) is 0 Å². The Hall–Kier alpha value is -12.1. The van der Waals surface area contributed by atoms with Crippen molar-refractivity contribution in [3.8, 4) is 46.0 Å². The minimum Gasteiger partial charge on any atom is -0.507 e. The number of ether oxygens (including phenoxy) is 6. The predicted molar refractivity (Wildman–Crippen MR) is 344 cm³/mol. The van der Waals surface area contributed by atoms with Crippen LogP contribution < -0.4 is 49.7 Å². The number of hydrogen-bond donors (Lipinski definition) is 10. The van der Waals surface area contributed by atoms with Crippen LogP contribution >= 0.6 is 0 Å². The topological polar surface area (TPSA) is 361 Å². The maximum Gasteiger partial charge on any atom is 0.341 e. The lowest BCUT2D eigenvalue weighted by atomic mass is 10.1. The van der Waals surface area contributed by atoms with E-state index < -0.39 is 29.8 Å². The first kappa shape index (κ1) is 71.7. The van der Waals surface area contributed by atoms with Gasteiger partial charge in [-0.3, -0.25) is 33.6 Å². The van der Waals surface area contributed by atoms with Crippen molar-refractivity contribution >= 4 is 64.6 Å². The van der Waals surface area contributed by atoms with Gasteiger partial charge in [-0.1, -0.05) is 60.7 Å². The zero-order valence-corrected chi connectivity index (χ0v) is 50.9. The van der Waals surface area contributed by atoms with Crippen molar-refractivity contribution in [3.63, 3.8) is 0 Å². The summed E-state index contributed by atoms with van der Waals surface area (Å²) < 4.78 is 31.3. The number of rotatable bonds is 28. The predicted octanol–water partition coefficient (Wildman–Crippen LogP) is 10.6. The number of aromatic hydroxyl groups is 2. The third-order valence-electron chi connectivity index (χ3n) is 12.6. The van der Waals surface area contributed by atoms with Gasteiger partial charge in [-0.25, -0.2) is 4.79 Å². The molecule has 0 aliphatic carbocycles. The molecule has 0 fully saturated rings. The summed E-state index contributed by atoms with van der Waals surface area (Å²) in [5.41, 5.74) is 5.16. The van der Waals surface area contributed by atoms with Gasteiger partial charge in [0.15, 0.2) is 18.1 Å². The summed E-state index contributed by atoms with van der Waals surface area (Å²) in [5, 5.41) is 64.4. The minimum atomic E-state index is -1.01. The Morgan fingerprint density at radius 1 is 0.387 bits per heavy atom. The highest BCUT2D eigenvalue weighted by Crippen LogP contribution is 2.32. The van der Waals surface area contributed by atoms with Crippen LogP contribution in [0.5, 0.6) is 46.0 Å². The zero-order valence-electron chi connectivity index (χ0n) is 50.9. The Balaban J connectivity index is 0.000000225. The third kappa shape index (κ3) is 25.9. The molecule has 0 aliphatic heterocycles. The molecule has 0 radical (unpaired) electrons. The number of hydrogen-bond acceptors (Lipinski definition) is 16. The van der Waals surface area contributed by atoms with Crippen molar-refractivity contribution in [1.29, 1.82) is 0 Å². The summed E-state index contributed by atoms with van der Waals surface area (Å²) in [6, 6.07) is 52.2. The van der Waals surface area contributed by atoms with Gasteiger partial charge in [-0.15, -0.1) is 0 Å². The Morgan fingerprint density at radius 2 is 0.763 bits per heavy atom. The number of carboxylic acids is 4. The number of anilines is 3. The first-order valence-electron chi connectivity index (χ1n) is 28.6. The number of methoxy groups -OCH3 is 2. The molecule has 0 aromatic heterocycles. The number of benzene rings is 8. The molecule has 0 atom stereocenters. The fourth-order valence-corrected chi connectivity index (χ4v) is 7.98. The summed E-state index contributed by atoms with van der Waals surface area (Å²) in [4.78, 5) is 90.2. The molecule has 0 heterocycles. The number of carboxylic acid groups (broad SMARTS) is 4. The molecule has 8 aromatic carbocycles. The van der Waals surface area contributed by atoms with Crippen LogP contribution in [0.4, 0.5) is 17.1 Å². The van der Waals surface area contributed by atoms with E-state index in [2.05, 4.69) is 21.3 Å². The van der Waals surface area contributed by atoms with Gasteiger partial charge in [0.2, 0.25) is 0 Å². The molecule has 8 aromatic rings. The van der Waals surface area contributed by atoms with Crippen LogP contribution in [-0.2, 0) is 25.6 Å². The van der Waals surface area contributed by atoms with Gasteiger partial charge in [-0.2, -0.15) is 0 Å². The van der Waals surface area contributed by atoms with Gasteiger partial charge < -0.3 is 80.3 Å². The molecule has 486 valence electrons. The smallest absolute Gasteiger partial charge is 0.341 e. The highest BCUT2D eigenvalue weighted by molar-refractivity contribution is 6.07. The Kier molecular flexibility index (Phi) is 29.6. The lowest BCUT2D eigenvalue weighted by Crippen LogP contribution is -2.24. The maximum atomic E-state index is 12.5. The number of carbonyl (C=O) groups excluding carboxylic acids is 4. The summed E-state index contributed by atoms with van der Waals surface area (Å²) in [5.74, 6) is -2.17. The van der Waals surface area contributed by atoms with Crippen molar-refractivity contribution in [2.24, 2.45) is 0 Å². The van der Waals surface area contributed by atoms with Crippen LogP contribution in [0.25, 0.3) is 0 Å². The average molecular weight is 1280 g/mol. The molecule has 0 aliphatic rings. The molecule has 24 heteroatoms. The highest BCUT2D eigenvalue weighted by atomic mass is 16.5. The van der Waals surface area contributed by atoms with Crippen LogP contribution in [-0.4, -0.2) is 125 Å². The summed E-state index contributed by atoms with van der Waals surface area (Å²) in [6.45, 7) is 2.29. The lowest BCUT2D eigenvalue weighted by molar-refractivity contribution is -0.139. The van der Waals surface area contributed by atoms with E-state index in [1.54, 1.807) is 140 Å². The molecule has 0 spiro atoms. The lowest BCUT2D eigenvalue weighted by Gasteiger charge is -2.13. The second-order valence-corrected chi connectivity index (χ2v) is 19.5. The van der Waals surface area contributed by atoms with Crippen LogP contribution in [0, 0.1) is 6.92 Å². The summed E-state index contributed by atoms with van der Waals surface area (Å²) in [7, 11) is 2.97. The second-order valence-electron chi connectivity index (χ2n) is 19.5. The van der Waals surface area contributed by atoms with E-state index in [1.165, 1.54) is 32.4 Å². The van der Waals surface area contributed by atoms with E-state index in [0.29, 0.717) is 69.2 Å². The molecule has 93 heavy (non-hydrogen) atoms. The van der Waals surface area contributed by atoms with E-state index in [1.807, 2.05) is 37.3 Å². The second kappa shape index (κ2) is 38.4. The Labute approximate surface area is 534 Å². The van der Waals surface area contributed by atoms with E-state index in [9.17, 15) is 48.6 Å². The van der Waals surface area contributed by atoms with Gasteiger partial charge in [0, 0.05) is 29.2 Å². The van der Waals surface area contributed by atoms with Gasteiger partial charge in [0.05, 0.1) is 70.0 Å². The van der Waals surface area contributed by atoms with Crippen LogP contribution in [0.1, 0.15) is 78.2 Å². The number of phenolic OH excluding ortho intramolecular Hbond substituents is 2. The number of aliphatic carboxylic acids is 4. The standard InChI is InChI=1S/C18H19NO6.C18H19NO5.C17H17NO4.C16H15NO5/c1-23-15-5-3-4-14(17(15)24-2)18(22)19-12-6-8-13(9-7-12)25-11-10-16(20)21;20-16-6-2-1-5-15(16)18(23)19-11-3-4-13-7-9-14(10-8-13)24-12-17(21)22;1-12-4-2-3-5-15(12)17(21)18-13-6-8-14(9-7-13)22-11-10-16(19)20;18-14-4-2-1-3-13(14)16(21)17-11-5-7-12(8-6-11)22-10-9-15(19)20/h3-9H,10-11H2,1-2H3,(H,19,22)(H,20,21);1-2,5-10,20H,3-4,11-12H2,(H,19,23)(H,21,22);2-9H,10-11H2,1H3,(H,18,21)(H,19,20);1-8,18H,9-10H2,(H,17,21)(H,19,20). The molecule has 0 unspecified atom stereocenters. The first-order valence-corrected chi connectivity index (χ1v) is 28.6. The number of amides is 4. The van der Waals surface area contributed by atoms with E-state index >= 15 is 0 Å². The maximum absolute atomic E-state index is 12.5. The molecular formula is C69H70N4O20. The van der Waals surface area contributed by atoms with Crippen molar-refractivity contribution < 1.29 is 97.4 Å². The molecular weight excluding hydrogens is 1200 g/mol. The Morgan fingerprint density at radius 3 is 1.17 bits per heavy atom. The van der Waals surface area contributed by atoms with Crippen molar-refractivity contribution in [1.82, 2.24) is 5.32 Å². The van der Waals surface area contributed by atoms with Crippen LogP contribution in [0.15, 0.2) is 188 Å². The molecule has 8 rings (SSSR count). The quantitative estimate of drug-likeness (QED) is 0.0204. The largest absolute Gasteiger partial charge is 0.507 e. The highest BCUT2D eigenvalue weighted by Gasteiger charge is 2.18. The average Bonchev–Trinajstić information content (AvgIpc) is 3.64. The summed E-state index contributed by atoms with van der Waals surface area (Å²) >= 11 is 0. The normalized spacial score (nSPS) is 10.1. The number of aryl methyl sites for hydroxylation is 2. The van der Waals surface area contributed by atoms with Gasteiger partial charge in [0.1, 0.15) is 34.5 Å². The molecule has 0 saturated heterocycles.